The number of methoxy groups -OCH3 is 1. The molecule has 4 atom stereocenters. The number of hydrogen-bond acceptors (Lipinski definition) is 6. The summed E-state index contributed by atoms with van der Waals surface area (Å²) in [5, 5.41) is 0.103. The van der Waals surface area contributed by atoms with Crippen LogP contribution in [0.1, 0.15) is 54.9 Å². The van der Waals surface area contributed by atoms with Gasteiger partial charge in [-0.2, -0.15) is 0 Å². The molecule has 0 aromatic rings. The standard InChI is InChI=1S/C24H40O6Si/c1-16(19(25)27-8)13-18-12-11-17(15-28-31(9,10)23(5,6)7)14-24(18)20(26)29-21(30-24)22(2,3)4/h11-13,17-18,21H,14-15H2,1-10H3/b16-13+/t17-,18-,21-,24+/m0/s1. The monoisotopic (exact) mass is 452 g/mol. The minimum atomic E-state index is -1.93. The molecule has 6 nitrogen and oxygen atoms in total. The molecule has 0 bridgehead atoms. The van der Waals surface area contributed by atoms with Crippen LogP contribution in [0.25, 0.3) is 0 Å². The van der Waals surface area contributed by atoms with Crippen molar-refractivity contribution in [3.05, 3.63) is 23.8 Å². The maximum Gasteiger partial charge on any atom is 0.341 e. The second kappa shape index (κ2) is 8.83. The highest BCUT2D eigenvalue weighted by molar-refractivity contribution is 6.74. The SMILES string of the molecule is COC(=O)/C(C)=C/[C@@H]1C=C[C@H](CO[Si](C)(C)C(C)(C)C)C[C@@]12O[C@@H](C(C)(C)C)OC2=O. The number of esters is 2. The van der Waals surface area contributed by atoms with Crippen molar-refractivity contribution in [2.75, 3.05) is 13.7 Å². The summed E-state index contributed by atoms with van der Waals surface area (Å²) in [6.45, 7) is 19.2. The van der Waals surface area contributed by atoms with Gasteiger partial charge >= 0.3 is 11.9 Å². The van der Waals surface area contributed by atoms with E-state index in [1.165, 1.54) is 7.11 Å². The van der Waals surface area contributed by atoms with Crippen LogP contribution >= 0.6 is 0 Å². The van der Waals surface area contributed by atoms with E-state index in [-0.39, 0.29) is 22.3 Å². The fraction of sp³-hybridized carbons (Fsp3) is 0.750. The van der Waals surface area contributed by atoms with Gasteiger partial charge in [0.05, 0.1) is 7.11 Å². The first-order valence-electron chi connectivity index (χ1n) is 11.0. The van der Waals surface area contributed by atoms with E-state index in [0.717, 1.165) is 0 Å². The molecule has 1 aliphatic heterocycles. The van der Waals surface area contributed by atoms with E-state index >= 15 is 0 Å². The van der Waals surface area contributed by atoms with Crippen LogP contribution in [0.15, 0.2) is 23.8 Å². The predicted molar refractivity (Wildman–Crippen MR) is 123 cm³/mol. The van der Waals surface area contributed by atoms with Crippen LogP contribution in [0.2, 0.25) is 18.1 Å². The highest BCUT2D eigenvalue weighted by atomic mass is 28.4. The molecule has 0 unspecified atom stereocenters. The fourth-order valence-corrected chi connectivity index (χ4v) is 4.58. The Morgan fingerprint density at radius 2 is 1.84 bits per heavy atom. The molecule has 1 heterocycles. The molecule has 0 radical (unpaired) electrons. The molecule has 2 rings (SSSR count). The summed E-state index contributed by atoms with van der Waals surface area (Å²) in [6, 6.07) is 0. The van der Waals surface area contributed by atoms with Crippen LogP contribution in [0.3, 0.4) is 0 Å². The zero-order chi connectivity index (χ0) is 23.8. The summed E-state index contributed by atoms with van der Waals surface area (Å²) < 4.78 is 23.3. The summed E-state index contributed by atoms with van der Waals surface area (Å²) in [6.07, 6.45) is 5.56. The van der Waals surface area contributed by atoms with Gasteiger partial charge in [0.25, 0.3) is 0 Å². The Kier molecular flexibility index (Phi) is 7.35. The zero-order valence-corrected chi connectivity index (χ0v) is 21.8. The molecule has 0 N–H and O–H groups in total. The molecule has 0 aromatic carbocycles. The Hall–Kier alpha value is -1.44. The second-order valence-electron chi connectivity index (χ2n) is 11.4. The lowest BCUT2D eigenvalue weighted by molar-refractivity contribution is -0.159. The largest absolute Gasteiger partial charge is 0.466 e. The van der Waals surface area contributed by atoms with Crippen LogP contribution in [-0.2, 0) is 28.2 Å². The number of ether oxygens (including phenoxy) is 3. The third-order valence-corrected chi connectivity index (χ3v) is 11.2. The van der Waals surface area contributed by atoms with Gasteiger partial charge in [-0.1, -0.05) is 59.8 Å². The number of carbonyl (C=O) groups is 2. The van der Waals surface area contributed by atoms with Crippen LogP contribution in [0, 0.1) is 17.3 Å². The van der Waals surface area contributed by atoms with Crippen LogP contribution in [0.4, 0.5) is 0 Å². The summed E-state index contributed by atoms with van der Waals surface area (Å²) in [5.41, 5.74) is -1.11. The van der Waals surface area contributed by atoms with Crippen LogP contribution < -0.4 is 0 Å². The molecular formula is C24H40O6Si. The average molecular weight is 453 g/mol. The normalized spacial score (nSPS) is 29.9. The smallest absolute Gasteiger partial charge is 0.341 e. The maximum atomic E-state index is 13.2. The minimum Gasteiger partial charge on any atom is -0.466 e. The van der Waals surface area contributed by atoms with E-state index in [2.05, 4.69) is 39.9 Å². The van der Waals surface area contributed by atoms with Gasteiger partial charge in [0, 0.05) is 29.4 Å². The minimum absolute atomic E-state index is 0.0171. The van der Waals surface area contributed by atoms with Gasteiger partial charge in [-0.15, -0.1) is 0 Å². The molecule has 1 aliphatic carbocycles. The predicted octanol–water partition coefficient (Wildman–Crippen LogP) is 5.00. The average Bonchev–Trinajstić information content (AvgIpc) is 2.97. The molecule has 0 amide bonds. The lowest BCUT2D eigenvalue weighted by Gasteiger charge is -2.40. The highest BCUT2D eigenvalue weighted by Gasteiger charge is 2.58. The summed E-state index contributed by atoms with van der Waals surface area (Å²) in [7, 11) is -0.584. The lowest BCUT2D eigenvalue weighted by Crippen LogP contribution is -2.49. The van der Waals surface area contributed by atoms with Gasteiger partial charge in [0.1, 0.15) is 0 Å². The first-order chi connectivity index (χ1) is 14.0. The maximum absolute atomic E-state index is 13.2. The van der Waals surface area contributed by atoms with Crippen molar-refractivity contribution >= 4 is 20.3 Å². The Morgan fingerprint density at radius 1 is 1.23 bits per heavy atom. The van der Waals surface area contributed by atoms with E-state index < -0.39 is 32.1 Å². The molecule has 1 spiro atoms. The molecular weight excluding hydrogens is 412 g/mol. The molecule has 0 aromatic heterocycles. The van der Waals surface area contributed by atoms with Gasteiger partial charge in [0.15, 0.2) is 13.9 Å². The fourth-order valence-electron chi connectivity index (χ4n) is 3.52. The topological polar surface area (TPSA) is 71.1 Å². The van der Waals surface area contributed by atoms with Gasteiger partial charge < -0.3 is 18.6 Å². The third-order valence-electron chi connectivity index (χ3n) is 6.68. The molecule has 7 heteroatoms. The zero-order valence-electron chi connectivity index (χ0n) is 20.8. The van der Waals surface area contributed by atoms with E-state index in [1.54, 1.807) is 13.0 Å². The Bertz CT molecular complexity index is 755. The summed E-state index contributed by atoms with van der Waals surface area (Å²) in [4.78, 5) is 25.2. The van der Waals surface area contributed by atoms with Gasteiger partial charge in [-0.3, -0.25) is 0 Å². The number of rotatable bonds is 5. The highest BCUT2D eigenvalue weighted by Crippen LogP contribution is 2.46. The Labute approximate surface area is 188 Å². The number of cyclic esters (lactones) is 1. The molecule has 0 saturated carbocycles. The van der Waals surface area contributed by atoms with E-state index in [1.807, 2.05) is 26.8 Å². The van der Waals surface area contributed by atoms with E-state index in [9.17, 15) is 9.59 Å². The molecule has 176 valence electrons. The van der Waals surface area contributed by atoms with Crippen LogP contribution in [0.5, 0.6) is 0 Å². The van der Waals surface area contributed by atoms with Crippen molar-refractivity contribution in [1.82, 2.24) is 0 Å². The second-order valence-corrected chi connectivity index (χ2v) is 16.2. The third kappa shape index (κ3) is 5.49. The Morgan fingerprint density at radius 3 is 2.32 bits per heavy atom. The van der Waals surface area contributed by atoms with Gasteiger partial charge in [0.2, 0.25) is 6.29 Å². The quantitative estimate of drug-likeness (QED) is 0.253. The summed E-state index contributed by atoms with van der Waals surface area (Å²) in [5.74, 6) is -1.21. The Balaban J connectivity index is 2.35. The van der Waals surface area contributed by atoms with Crippen molar-refractivity contribution in [2.24, 2.45) is 17.3 Å². The lowest BCUT2D eigenvalue weighted by atomic mass is 9.74. The van der Waals surface area contributed by atoms with Crippen molar-refractivity contribution in [3.8, 4) is 0 Å². The van der Waals surface area contributed by atoms with Crippen molar-refractivity contribution < 1.29 is 28.2 Å². The molecule has 2 aliphatic rings. The van der Waals surface area contributed by atoms with Crippen molar-refractivity contribution in [2.45, 2.75) is 84.9 Å². The van der Waals surface area contributed by atoms with Crippen molar-refractivity contribution in [3.63, 3.8) is 0 Å². The van der Waals surface area contributed by atoms with Crippen LogP contribution in [-0.4, -0.2) is 45.9 Å². The number of hydrogen-bond donors (Lipinski definition) is 0. The number of carbonyl (C=O) groups excluding carboxylic acids is 2. The molecule has 1 fully saturated rings. The molecule has 31 heavy (non-hydrogen) atoms. The van der Waals surface area contributed by atoms with Gasteiger partial charge in [-0.25, -0.2) is 9.59 Å². The van der Waals surface area contributed by atoms with E-state index in [4.69, 9.17) is 18.6 Å². The molecule has 1 saturated heterocycles. The van der Waals surface area contributed by atoms with Gasteiger partial charge in [-0.05, 0) is 31.5 Å². The first-order valence-corrected chi connectivity index (χ1v) is 13.9. The first kappa shape index (κ1) is 25.8. The van der Waals surface area contributed by atoms with Crippen molar-refractivity contribution in [1.29, 1.82) is 0 Å². The summed E-state index contributed by atoms with van der Waals surface area (Å²) >= 11 is 0. The van der Waals surface area contributed by atoms with E-state index in [0.29, 0.717) is 18.6 Å².